The van der Waals surface area contributed by atoms with Crippen molar-refractivity contribution in [2.45, 2.75) is 38.8 Å². The van der Waals surface area contributed by atoms with Crippen LogP contribution in [0.25, 0.3) is 0 Å². The van der Waals surface area contributed by atoms with Gasteiger partial charge in [0.1, 0.15) is 5.69 Å². The Morgan fingerprint density at radius 3 is 2.69 bits per heavy atom. The molecule has 1 aliphatic rings. The van der Waals surface area contributed by atoms with Gasteiger partial charge < -0.3 is 10.1 Å². The van der Waals surface area contributed by atoms with Gasteiger partial charge >= 0.3 is 0 Å². The predicted octanol–water partition coefficient (Wildman–Crippen LogP) is 0.319. The number of aldehydes is 1. The van der Waals surface area contributed by atoms with Gasteiger partial charge in [-0.3, -0.25) is 19.0 Å². The average Bonchev–Trinajstić information content (AvgIpc) is 3.33. The van der Waals surface area contributed by atoms with Gasteiger partial charge in [-0.1, -0.05) is 10.4 Å². The summed E-state index contributed by atoms with van der Waals surface area (Å²) in [6.07, 6.45) is 7.77. The number of hydrogen-bond donors (Lipinski definition) is 1. The lowest BCUT2D eigenvalue weighted by molar-refractivity contribution is 0.0535. The maximum atomic E-state index is 12.1. The molecule has 0 radical (unpaired) electrons. The zero-order valence-corrected chi connectivity index (χ0v) is 14.6. The van der Waals surface area contributed by atoms with Gasteiger partial charge in [0.05, 0.1) is 19.0 Å². The van der Waals surface area contributed by atoms with Gasteiger partial charge in [0.2, 0.25) is 0 Å². The number of amides is 1. The summed E-state index contributed by atoms with van der Waals surface area (Å²) in [6.45, 7) is 3.45. The first kappa shape index (κ1) is 18.2. The molecule has 0 aromatic carbocycles. The van der Waals surface area contributed by atoms with Crippen molar-refractivity contribution in [3.63, 3.8) is 0 Å². The first-order valence-electron chi connectivity index (χ1n) is 8.86. The van der Waals surface area contributed by atoms with E-state index in [-0.39, 0.29) is 5.91 Å². The lowest BCUT2D eigenvalue weighted by Gasteiger charge is -2.21. The van der Waals surface area contributed by atoms with Crippen molar-refractivity contribution >= 4 is 12.2 Å². The van der Waals surface area contributed by atoms with E-state index in [9.17, 15) is 9.59 Å². The van der Waals surface area contributed by atoms with Crippen LogP contribution in [0.1, 0.15) is 46.7 Å². The van der Waals surface area contributed by atoms with Crippen LogP contribution in [-0.2, 0) is 17.8 Å². The normalized spacial score (nSPS) is 17.2. The Morgan fingerprint density at radius 2 is 2.00 bits per heavy atom. The summed E-state index contributed by atoms with van der Waals surface area (Å²) in [5, 5.41) is 18.4. The highest BCUT2D eigenvalue weighted by Gasteiger charge is 2.16. The molecule has 1 atom stereocenters. The minimum absolute atomic E-state index is 0.203. The zero-order chi connectivity index (χ0) is 18.2. The number of carbonyl (C=O) groups is 2. The Balaban J connectivity index is 1.36. The highest BCUT2D eigenvalue weighted by atomic mass is 16.5. The van der Waals surface area contributed by atoms with Gasteiger partial charge in [0.25, 0.3) is 5.91 Å². The topological polar surface area (TPSA) is 117 Å². The standard InChI is InChI=1S/C16H23N7O3/c24-11-14-9-22(20-18-14)5-1-2-6-23-10-15(19-21-23)16(25)17-8-13-4-3-7-26-12-13/h9-11,13H,1-8,12H2,(H,17,25). The third-order valence-corrected chi connectivity index (χ3v) is 4.28. The largest absolute Gasteiger partial charge is 0.381 e. The van der Waals surface area contributed by atoms with Crippen LogP contribution >= 0.6 is 0 Å². The van der Waals surface area contributed by atoms with Gasteiger partial charge in [-0.15, -0.1) is 10.2 Å². The fourth-order valence-electron chi connectivity index (χ4n) is 2.83. The second-order valence-corrected chi connectivity index (χ2v) is 6.39. The summed E-state index contributed by atoms with van der Waals surface area (Å²) in [5.41, 5.74) is 0.658. The number of nitrogens with one attached hydrogen (secondary N) is 1. The third kappa shape index (κ3) is 5.19. The average molecular weight is 361 g/mol. The minimum atomic E-state index is -0.203. The van der Waals surface area contributed by atoms with Crippen LogP contribution < -0.4 is 5.32 Å². The van der Waals surface area contributed by atoms with Crippen LogP contribution in [0.5, 0.6) is 0 Å². The summed E-state index contributed by atoms with van der Waals surface area (Å²) in [6, 6.07) is 0. The second kappa shape index (κ2) is 9.18. The van der Waals surface area contributed by atoms with Crippen molar-refractivity contribution in [2.75, 3.05) is 19.8 Å². The maximum absolute atomic E-state index is 12.1. The molecular formula is C16H23N7O3. The van der Waals surface area contributed by atoms with Crippen LogP contribution in [-0.4, -0.2) is 61.9 Å². The molecule has 2 aromatic rings. The Hall–Kier alpha value is -2.62. The van der Waals surface area contributed by atoms with Crippen molar-refractivity contribution in [2.24, 2.45) is 5.92 Å². The van der Waals surface area contributed by atoms with E-state index in [1.807, 2.05) is 0 Å². The molecule has 1 fully saturated rings. The van der Waals surface area contributed by atoms with Crippen molar-refractivity contribution in [1.29, 1.82) is 0 Å². The molecule has 0 bridgehead atoms. The third-order valence-electron chi connectivity index (χ3n) is 4.28. The van der Waals surface area contributed by atoms with E-state index in [1.54, 1.807) is 21.8 Å². The van der Waals surface area contributed by atoms with E-state index in [0.29, 0.717) is 49.8 Å². The molecule has 0 aliphatic carbocycles. The van der Waals surface area contributed by atoms with Gasteiger partial charge in [0.15, 0.2) is 12.0 Å². The summed E-state index contributed by atoms with van der Waals surface area (Å²) in [4.78, 5) is 22.7. The van der Waals surface area contributed by atoms with Crippen LogP contribution in [0, 0.1) is 5.92 Å². The lowest BCUT2D eigenvalue weighted by Crippen LogP contribution is -2.33. The Morgan fingerprint density at radius 1 is 1.23 bits per heavy atom. The fraction of sp³-hybridized carbons (Fsp3) is 0.625. The molecule has 0 spiro atoms. The summed E-state index contributed by atoms with van der Waals surface area (Å²) in [5.74, 6) is 0.171. The van der Waals surface area contributed by atoms with Crippen LogP contribution in [0.3, 0.4) is 0 Å². The number of nitrogens with zero attached hydrogens (tertiary/aromatic N) is 6. The van der Waals surface area contributed by atoms with E-state index >= 15 is 0 Å². The SMILES string of the molecule is O=Cc1cn(CCCCn2cc(C(=O)NCC3CCCOC3)nn2)nn1. The molecule has 1 aliphatic heterocycles. The van der Waals surface area contributed by atoms with Gasteiger partial charge in [-0.05, 0) is 31.6 Å². The van der Waals surface area contributed by atoms with Crippen molar-refractivity contribution in [3.8, 4) is 0 Å². The monoisotopic (exact) mass is 361 g/mol. The van der Waals surface area contributed by atoms with E-state index < -0.39 is 0 Å². The molecule has 10 nitrogen and oxygen atoms in total. The zero-order valence-electron chi connectivity index (χ0n) is 14.6. The minimum Gasteiger partial charge on any atom is -0.381 e. The van der Waals surface area contributed by atoms with E-state index in [0.717, 1.165) is 32.3 Å². The molecule has 140 valence electrons. The molecule has 10 heteroatoms. The number of ether oxygens (including phenoxy) is 1. The highest BCUT2D eigenvalue weighted by molar-refractivity contribution is 5.91. The quantitative estimate of drug-likeness (QED) is 0.505. The van der Waals surface area contributed by atoms with Crippen LogP contribution in [0.15, 0.2) is 12.4 Å². The predicted molar refractivity (Wildman–Crippen MR) is 90.5 cm³/mol. The van der Waals surface area contributed by atoms with Crippen molar-refractivity contribution in [3.05, 3.63) is 23.8 Å². The number of carbonyl (C=O) groups excluding carboxylic acids is 2. The molecule has 0 saturated carbocycles. The number of rotatable bonds is 9. The molecule has 2 aromatic heterocycles. The number of unbranched alkanes of at least 4 members (excludes halogenated alkanes) is 1. The van der Waals surface area contributed by atoms with E-state index in [2.05, 4.69) is 25.9 Å². The van der Waals surface area contributed by atoms with E-state index in [4.69, 9.17) is 4.74 Å². The first-order valence-corrected chi connectivity index (χ1v) is 8.86. The summed E-state index contributed by atoms with van der Waals surface area (Å²) in [7, 11) is 0. The smallest absolute Gasteiger partial charge is 0.273 e. The Kier molecular flexibility index (Phi) is 6.42. The molecule has 26 heavy (non-hydrogen) atoms. The first-order chi connectivity index (χ1) is 12.7. The molecule has 1 N–H and O–H groups in total. The van der Waals surface area contributed by atoms with Crippen LogP contribution in [0.4, 0.5) is 0 Å². The number of aromatic nitrogens is 6. The molecule has 3 rings (SSSR count). The highest BCUT2D eigenvalue weighted by Crippen LogP contribution is 2.12. The Bertz CT molecular complexity index is 721. The fourth-order valence-corrected chi connectivity index (χ4v) is 2.83. The lowest BCUT2D eigenvalue weighted by atomic mass is 10.0. The van der Waals surface area contributed by atoms with E-state index in [1.165, 1.54) is 0 Å². The summed E-state index contributed by atoms with van der Waals surface area (Å²) < 4.78 is 8.71. The van der Waals surface area contributed by atoms with Crippen molar-refractivity contribution in [1.82, 2.24) is 35.3 Å². The molecule has 1 unspecified atom stereocenters. The van der Waals surface area contributed by atoms with Gasteiger partial charge in [-0.2, -0.15) is 0 Å². The molecular weight excluding hydrogens is 338 g/mol. The van der Waals surface area contributed by atoms with Crippen molar-refractivity contribution < 1.29 is 14.3 Å². The Labute approximate surface area is 150 Å². The number of aryl methyl sites for hydroxylation is 2. The molecule has 1 amide bonds. The second-order valence-electron chi connectivity index (χ2n) is 6.39. The summed E-state index contributed by atoms with van der Waals surface area (Å²) >= 11 is 0. The molecule has 3 heterocycles. The van der Waals surface area contributed by atoms with Gasteiger partial charge in [0, 0.05) is 26.2 Å². The molecule has 1 saturated heterocycles. The number of hydrogen-bond acceptors (Lipinski definition) is 7. The van der Waals surface area contributed by atoms with Gasteiger partial charge in [-0.25, -0.2) is 0 Å². The maximum Gasteiger partial charge on any atom is 0.273 e. The van der Waals surface area contributed by atoms with Crippen LogP contribution in [0.2, 0.25) is 0 Å².